The topological polar surface area (TPSA) is 79.5 Å². The van der Waals surface area contributed by atoms with E-state index in [2.05, 4.69) is 5.32 Å². The summed E-state index contributed by atoms with van der Waals surface area (Å²) in [6, 6.07) is 4.22. The molecule has 1 amide bonds. The Bertz CT molecular complexity index is 662. The standard InChI is InChI=1S/C13H12ClNO4/c1-6-8-4-3-5-9(14)11(8)19-10(6)12(16)15-7(2)13(17)18/h3-5,7H,1-2H3,(H,15,16)(H,17,18)/t7-/m1/s1. The van der Waals surface area contributed by atoms with E-state index < -0.39 is 17.9 Å². The number of nitrogens with one attached hydrogen (secondary N) is 1. The number of carbonyl (C=O) groups excluding carboxylic acids is 1. The number of carboxylic acids is 1. The number of aliphatic carboxylic acids is 1. The predicted octanol–water partition coefficient (Wildman–Crippen LogP) is 2.60. The van der Waals surface area contributed by atoms with Gasteiger partial charge in [0.1, 0.15) is 6.04 Å². The highest BCUT2D eigenvalue weighted by molar-refractivity contribution is 6.35. The van der Waals surface area contributed by atoms with E-state index in [4.69, 9.17) is 21.1 Å². The normalized spacial score (nSPS) is 12.4. The molecule has 1 heterocycles. The molecular formula is C13H12ClNO4. The lowest BCUT2D eigenvalue weighted by molar-refractivity contribution is -0.138. The number of rotatable bonds is 3. The highest BCUT2D eigenvalue weighted by atomic mass is 35.5. The van der Waals surface area contributed by atoms with Crippen LogP contribution in [0, 0.1) is 6.92 Å². The van der Waals surface area contributed by atoms with Crippen molar-refractivity contribution in [1.29, 1.82) is 0 Å². The Morgan fingerprint density at radius 2 is 2.11 bits per heavy atom. The lowest BCUT2D eigenvalue weighted by Gasteiger charge is -2.07. The van der Waals surface area contributed by atoms with Crippen LogP contribution in [0.5, 0.6) is 0 Å². The number of hydrogen-bond acceptors (Lipinski definition) is 3. The molecule has 0 saturated carbocycles. The first kappa shape index (κ1) is 13.4. The van der Waals surface area contributed by atoms with Crippen molar-refractivity contribution in [2.24, 2.45) is 0 Å². The van der Waals surface area contributed by atoms with Crippen molar-refractivity contribution in [1.82, 2.24) is 5.32 Å². The van der Waals surface area contributed by atoms with Crippen LogP contribution in [0.2, 0.25) is 5.02 Å². The van der Waals surface area contributed by atoms with Gasteiger partial charge >= 0.3 is 5.97 Å². The Kier molecular flexibility index (Phi) is 3.48. The fourth-order valence-electron chi connectivity index (χ4n) is 1.75. The van der Waals surface area contributed by atoms with Gasteiger partial charge in [0.05, 0.1) is 5.02 Å². The van der Waals surface area contributed by atoms with Gasteiger partial charge in [0, 0.05) is 10.9 Å². The maximum atomic E-state index is 12.0. The monoisotopic (exact) mass is 281 g/mol. The van der Waals surface area contributed by atoms with E-state index in [1.807, 2.05) is 0 Å². The molecule has 1 aromatic heterocycles. The van der Waals surface area contributed by atoms with Gasteiger partial charge in [0.2, 0.25) is 0 Å². The first-order valence-corrected chi connectivity index (χ1v) is 6.01. The molecule has 0 spiro atoms. The largest absolute Gasteiger partial charge is 0.480 e. The van der Waals surface area contributed by atoms with Crippen LogP contribution in [0.3, 0.4) is 0 Å². The van der Waals surface area contributed by atoms with Gasteiger partial charge in [0.25, 0.3) is 5.91 Å². The maximum Gasteiger partial charge on any atom is 0.325 e. The summed E-state index contributed by atoms with van der Waals surface area (Å²) in [5.74, 6) is -1.60. The Morgan fingerprint density at radius 1 is 1.42 bits per heavy atom. The zero-order valence-electron chi connectivity index (χ0n) is 10.4. The van der Waals surface area contributed by atoms with Crippen LogP contribution in [-0.2, 0) is 4.79 Å². The van der Waals surface area contributed by atoms with Crippen LogP contribution in [-0.4, -0.2) is 23.0 Å². The summed E-state index contributed by atoms with van der Waals surface area (Å²) in [6.45, 7) is 3.10. The number of furan rings is 1. The third kappa shape index (κ3) is 2.42. The molecular weight excluding hydrogens is 270 g/mol. The fraction of sp³-hybridized carbons (Fsp3) is 0.231. The number of amides is 1. The first-order valence-electron chi connectivity index (χ1n) is 5.63. The van der Waals surface area contributed by atoms with E-state index in [1.54, 1.807) is 25.1 Å². The minimum absolute atomic E-state index is 0.0798. The lowest BCUT2D eigenvalue weighted by atomic mass is 10.1. The van der Waals surface area contributed by atoms with Crippen LogP contribution in [0.4, 0.5) is 0 Å². The van der Waals surface area contributed by atoms with Crippen LogP contribution in [0.25, 0.3) is 11.0 Å². The number of fused-ring (bicyclic) bond motifs is 1. The number of hydrogen-bond donors (Lipinski definition) is 2. The molecule has 5 nitrogen and oxygen atoms in total. The van der Waals surface area contributed by atoms with Crippen molar-refractivity contribution in [2.75, 3.05) is 0 Å². The molecule has 100 valence electrons. The molecule has 0 aliphatic carbocycles. The summed E-state index contributed by atoms with van der Waals surface area (Å²) < 4.78 is 5.44. The molecule has 0 bridgehead atoms. The molecule has 0 aliphatic rings. The number of aryl methyl sites for hydroxylation is 1. The molecule has 0 saturated heterocycles. The lowest BCUT2D eigenvalue weighted by Crippen LogP contribution is -2.38. The maximum absolute atomic E-state index is 12.0. The number of benzene rings is 1. The quantitative estimate of drug-likeness (QED) is 0.906. The highest BCUT2D eigenvalue weighted by Crippen LogP contribution is 2.30. The van der Waals surface area contributed by atoms with E-state index in [0.29, 0.717) is 16.2 Å². The van der Waals surface area contributed by atoms with Gasteiger partial charge in [-0.05, 0) is 19.9 Å². The van der Waals surface area contributed by atoms with Crippen LogP contribution in [0.15, 0.2) is 22.6 Å². The minimum Gasteiger partial charge on any atom is -0.480 e. The first-order chi connectivity index (χ1) is 8.91. The van der Waals surface area contributed by atoms with E-state index in [0.717, 1.165) is 5.39 Å². The molecule has 0 unspecified atom stereocenters. The third-order valence-corrected chi connectivity index (χ3v) is 3.14. The van der Waals surface area contributed by atoms with Crippen molar-refractivity contribution in [3.8, 4) is 0 Å². The zero-order chi connectivity index (χ0) is 14.2. The molecule has 19 heavy (non-hydrogen) atoms. The Labute approximate surface area is 114 Å². The second-order valence-electron chi connectivity index (χ2n) is 4.21. The van der Waals surface area contributed by atoms with Gasteiger partial charge in [-0.1, -0.05) is 23.7 Å². The minimum atomic E-state index is -1.11. The smallest absolute Gasteiger partial charge is 0.325 e. The highest BCUT2D eigenvalue weighted by Gasteiger charge is 2.22. The van der Waals surface area contributed by atoms with E-state index in [9.17, 15) is 9.59 Å². The Morgan fingerprint density at radius 3 is 2.68 bits per heavy atom. The van der Waals surface area contributed by atoms with Gasteiger partial charge in [-0.15, -0.1) is 0 Å². The molecule has 2 N–H and O–H groups in total. The Hall–Kier alpha value is -2.01. The summed E-state index contributed by atoms with van der Waals surface area (Å²) in [5, 5.41) is 12.3. The Balaban J connectivity index is 2.41. The fourth-order valence-corrected chi connectivity index (χ4v) is 1.96. The van der Waals surface area contributed by atoms with Gasteiger partial charge in [-0.25, -0.2) is 0 Å². The van der Waals surface area contributed by atoms with Gasteiger partial charge in [-0.3, -0.25) is 9.59 Å². The molecule has 0 radical (unpaired) electrons. The summed E-state index contributed by atoms with van der Waals surface area (Å²) in [7, 11) is 0. The molecule has 0 aliphatic heterocycles. The summed E-state index contributed by atoms with van der Waals surface area (Å²) >= 11 is 5.98. The van der Waals surface area contributed by atoms with Gasteiger partial charge in [0.15, 0.2) is 11.3 Å². The van der Waals surface area contributed by atoms with Crippen molar-refractivity contribution in [3.05, 3.63) is 34.5 Å². The molecule has 2 aromatic rings. The zero-order valence-corrected chi connectivity index (χ0v) is 11.1. The van der Waals surface area contributed by atoms with Crippen LogP contribution in [0.1, 0.15) is 23.0 Å². The average molecular weight is 282 g/mol. The number of carbonyl (C=O) groups is 2. The van der Waals surface area contributed by atoms with E-state index in [-0.39, 0.29) is 5.76 Å². The molecule has 0 fully saturated rings. The molecule has 1 atom stereocenters. The number of para-hydroxylation sites is 1. The number of carboxylic acid groups (broad SMARTS) is 1. The molecule has 1 aromatic carbocycles. The van der Waals surface area contributed by atoms with Gasteiger partial charge < -0.3 is 14.8 Å². The van der Waals surface area contributed by atoms with Crippen molar-refractivity contribution < 1.29 is 19.1 Å². The molecule has 2 rings (SSSR count). The summed E-state index contributed by atoms with van der Waals surface area (Å²) in [6.07, 6.45) is 0. The predicted molar refractivity (Wildman–Crippen MR) is 70.5 cm³/mol. The summed E-state index contributed by atoms with van der Waals surface area (Å²) in [5.41, 5.74) is 1.06. The van der Waals surface area contributed by atoms with Crippen molar-refractivity contribution in [3.63, 3.8) is 0 Å². The average Bonchev–Trinajstić information content (AvgIpc) is 2.68. The third-order valence-electron chi connectivity index (χ3n) is 2.84. The van der Waals surface area contributed by atoms with Crippen LogP contribution >= 0.6 is 11.6 Å². The van der Waals surface area contributed by atoms with Gasteiger partial charge in [-0.2, -0.15) is 0 Å². The van der Waals surface area contributed by atoms with Crippen molar-refractivity contribution >= 4 is 34.4 Å². The molecule has 6 heteroatoms. The summed E-state index contributed by atoms with van der Waals surface area (Å²) in [4.78, 5) is 22.7. The number of halogens is 1. The van der Waals surface area contributed by atoms with Crippen LogP contribution < -0.4 is 5.32 Å². The van der Waals surface area contributed by atoms with E-state index >= 15 is 0 Å². The second kappa shape index (κ2) is 4.93. The van der Waals surface area contributed by atoms with Crippen molar-refractivity contribution in [2.45, 2.75) is 19.9 Å². The SMILES string of the molecule is Cc1c(C(=O)N[C@H](C)C(=O)O)oc2c(Cl)cccc12. The second-order valence-corrected chi connectivity index (χ2v) is 4.61. The van der Waals surface area contributed by atoms with E-state index in [1.165, 1.54) is 6.92 Å².